The van der Waals surface area contributed by atoms with Crippen LogP contribution in [0.1, 0.15) is 194 Å². The van der Waals surface area contributed by atoms with Crippen LogP contribution in [0.25, 0.3) is 0 Å². The molecule has 0 aliphatic heterocycles. The van der Waals surface area contributed by atoms with E-state index in [9.17, 15) is 14.4 Å². The van der Waals surface area contributed by atoms with Gasteiger partial charge in [0.2, 0.25) is 0 Å². The molecule has 6 nitrogen and oxygen atoms in total. The Morgan fingerprint density at radius 2 is 0.667 bits per heavy atom. The molecule has 0 radical (unpaired) electrons. The molecule has 338 valence electrons. The lowest BCUT2D eigenvalue weighted by Crippen LogP contribution is -2.30. The minimum Gasteiger partial charge on any atom is -0.462 e. The van der Waals surface area contributed by atoms with E-state index in [-0.39, 0.29) is 31.6 Å². The van der Waals surface area contributed by atoms with Gasteiger partial charge in [-0.15, -0.1) is 0 Å². The quantitative estimate of drug-likeness (QED) is 0.0264. The van der Waals surface area contributed by atoms with Crippen molar-refractivity contribution in [3.8, 4) is 0 Å². The highest BCUT2D eigenvalue weighted by Gasteiger charge is 2.19. The Morgan fingerprint density at radius 1 is 0.350 bits per heavy atom. The van der Waals surface area contributed by atoms with Gasteiger partial charge in [-0.05, 0) is 96.3 Å². The van der Waals surface area contributed by atoms with Gasteiger partial charge in [-0.25, -0.2) is 0 Å². The van der Waals surface area contributed by atoms with Crippen molar-refractivity contribution in [1.29, 1.82) is 0 Å². The van der Waals surface area contributed by atoms with Crippen molar-refractivity contribution in [3.63, 3.8) is 0 Å². The second-order valence-electron chi connectivity index (χ2n) is 15.2. The van der Waals surface area contributed by atoms with Gasteiger partial charge in [0.25, 0.3) is 0 Å². The van der Waals surface area contributed by atoms with Crippen molar-refractivity contribution < 1.29 is 28.6 Å². The average molecular weight is 831 g/mol. The first kappa shape index (κ1) is 56.1. The number of ether oxygens (including phenoxy) is 3. The van der Waals surface area contributed by atoms with Crippen molar-refractivity contribution in [2.24, 2.45) is 0 Å². The lowest BCUT2D eigenvalue weighted by Gasteiger charge is -2.18. The SMILES string of the molecule is CC/C=C\C/C=C\C/C=C\C/C=C\CCCCCCCCC(=O)OCC(COC(=O)C/C=C\C/C=C\C/C=C\CC)OC(=O)CCCCCCCCC/C=C\C/C=C\CC. The van der Waals surface area contributed by atoms with Crippen molar-refractivity contribution in [3.05, 3.63) is 109 Å². The summed E-state index contributed by atoms with van der Waals surface area (Å²) < 4.78 is 16.6. The van der Waals surface area contributed by atoms with Gasteiger partial charge in [0.05, 0.1) is 6.42 Å². The minimum atomic E-state index is -0.824. The van der Waals surface area contributed by atoms with Gasteiger partial charge < -0.3 is 14.2 Å². The van der Waals surface area contributed by atoms with Crippen LogP contribution in [-0.4, -0.2) is 37.2 Å². The molecule has 0 N–H and O–H groups in total. The number of hydrogen-bond acceptors (Lipinski definition) is 6. The molecule has 1 unspecified atom stereocenters. The molecule has 1 atom stereocenters. The van der Waals surface area contributed by atoms with Crippen LogP contribution in [0.3, 0.4) is 0 Å². The Hall–Kier alpha value is -3.93. The Kier molecular flexibility index (Phi) is 44.6. The summed E-state index contributed by atoms with van der Waals surface area (Å²) >= 11 is 0. The summed E-state index contributed by atoms with van der Waals surface area (Å²) in [6, 6.07) is 0. The molecule has 0 fully saturated rings. The lowest BCUT2D eigenvalue weighted by atomic mass is 10.1. The molecule has 0 aliphatic carbocycles. The highest BCUT2D eigenvalue weighted by molar-refractivity contribution is 5.72. The van der Waals surface area contributed by atoms with Crippen LogP contribution >= 0.6 is 0 Å². The summed E-state index contributed by atoms with van der Waals surface area (Å²) in [5.74, 6) is -1.08. The molecule has 0 aliphatic rings. The molecule has 6 heteroatoms. The van der Waals surface area contributed by atoms with E-state index < -0.39 is 12.1 Å². The van der Waals surface area contributed by atoms with E-state index in [0.717, 1.165) is 116 Å². The van der Waals surface area contributed by atoms with Crippen LogP contribution in [0.4, 0.5) is 0 Å². The van der Waals surface area contributed by atoms with E-state index in [1.54, 1.807) is 6.08 Å². The number of rotatable bonds is 41. The zero-order valence-electron chi connectivity index (χ0n) is 38.4. The van der Waals surface area contributed by atoms with Gasteiger partial charge in [-0.3, -0.25) is 14.4 Å². The number of hydrogen-bond donors (Lipinski definition) is 0. The van der Waals surface area contributed by atoms with E-state index in [4.69, 9.17) is 14.2 Å². The second-order valence-corrected chi connectivity index (χ2v) is 15.2. The van der Waals surface area contributed by atoms with Crippen molar-refractivity contribution in [1.82, 2.24) is 0 Å². The van der Waals surface area contributed by atoms with Crippen molar-refractivity contribution >= 4 is 17.9 Å². The van der Waals surface area contributed by atoms with Gasteiger partial charge in [-0.2, -0.15) is 0 Å². The number of unbranched alkanes of at least 4 members (excludes halogenated alkanes) is 13. The topological polar surface area (TPSA) is 78.9 Å². The van der Waals surface area contributed by atoms with E-state index >= 15 is 0 Å². The van der Waals surface area contributed by atoms with Gasteiger partial charge in [-0.1, -0.05) is 188 Å². The first-order valence-electron chi connectivity index (χ1n) is 23.9. The third-order valence-corrected chi connectivity index (χ3v) is 9.54. The molecule has 0 rings (SSSR count). The number of carbonyl (C=O) groups excluding carboxylic acids is 3. The van der Waals surface area contributed by atoms with Crippen LogP contribution in [0.2, 0.25) is 0 Å². The molecule has 0 spiro atoms. The monoisotopic (exact) mass is 831 g/mol. The lowest BCUT2D eigenvalue weighted by molar-refractivity contribution is -0.166. The van der Waals surface area contributed by atoms with E-state index in [1.165, 1.54) is 38.5 Å². The minimum absolute atomic E-state index is 0.118. The Labute approximate surface area is 368 Å². The summed E-state index contributed by atoms with van der Waals surface area (Å²) in [6.45, 7) is 6.16. The van der Waals surface area contributed by atoms with Crippen LogP contribution in [0, 0.1) is 0 Å². The third-order valence-electron chi connectivity index (χ3n) is 9.54. The summed E-state index contributed by atoms with van der Waals surface area (Å²) in [4.78, 5) is 37.7. The standard InChI is InChI=1S/C54H86O6/c1-4-7-10-13-16-19-21-23-25-26-27-28-29-31-32-35-38-41-44-47-53(56)59-50-51(49-58-52(55)46-43-40-37-34-18-15-12-9-6-3)60-54(57)48-45-42-39-36-33-30-24-22-20-17-14-11-8-5-2/h7-12,16-20,23,25,27-28,34,40,43,51H,4-6,13-15,21-22,24,26,29-33,35-39,41-42,44-50H2,1-3H3/b10-7-,11-8-,12-9-,19-16-,20-17-,25-23-,28-27-,34-18-,43-40-. The number of esters is 3. The summed E-state index contributed by atoms with van der Waals surface area (Å²) in [6.07, 6.45) is 63.9. The molecule has 0 bridgehead atoms. The molecule has 0 saturated heterocycles. The molecule has 0 amide bonds. The van der Waals surface area contributed by atoms with E-state index in [0.29, 0.717) is 12.8 Å². The Bertz CT molecular complexity index is 1280. The fourth-order valence-corrected chi connectivity index (χ4v) is 6.06. The first-order chi connectivity index (χ1) is 29.5. The predicted octanol–water partition coefficient (Wildman–Crippen LogP) is 15.6. The van der Waals surface area contributed by atoms with Gasteiger partial charge in [0, 0.05) is 12.8 Å². The summed E-state index contributed by atoms with van der Waals surface area (Å²) in [5.41, 5.74) is 0. The maximum atomic E-state index is 12.7. The predicted molar refractivity (Wildman–Crippen MR) is 256 cm³/mol. The molecular weight excluding hydrogens is 745 g/mol. The fraction of sp³-hybridized carbons (Fsp3) is 0.611. The fourth-order valence-electron chi connectivity index (χ4n) is 6.06. The average Bonchev–Trinajstić information content (AvgIpc) is 3.24. The normalized spacial score (nSPS) is 13.1. The zero-order chi connectivity index (χ0) is 43.7. The van der Waals surface area contributed by atoms with Crippen LogP contribution in [0.15, 0.2) is 109 Å². The Morgan fingerprint density at radius 3 is 1.08 bits per heavy atom. The van der Waals surface area contributed by atoms with Crippen molar-refractivity contribution in [2.45, 2.75) is 200 Å². The molecule has 0 aromatic heterocycles. The van der Waals surface area contributed by atoms with Crippen LogP contribution in [-0.2, 0) is 28.6 Å². The molecule has 0 aromatic rings. The smallest absolute Gasteiger partial charge is 0.309 e. The van der Waals surface area contributed by atoms with Crippen molar-refractivity contribution in [2.75, 3.05) is 13.2 Å². The molecule has 0 heterocycles. The van der Waals surface area contributed by atoms with E-state index in [1.807, 2.05) is 6.08 Å². The Balaban J connectivity index is 4.43. The van der Waals surface area contributed by atoms with Gasteiger partial charge in [0.1, 0.15) is 13.2 Å². The molecule has 0 aromatic carbocycles. The highest BCUT2D eigenvalue weighted by atomic mass is 16.6. The van der Waals surface area contributed by atoms with Gasteiger partial charge in [0.15, 0.2) is 6.10 Å². The molecule has 60 heavy (non-hydrogen) atoms. The number of carbonyl (C=O) groups is 3. The van der Waals surface area contributed by atoms with Crippen LogP contribution < -0.4 is 0 Å². The van der Waals surface area contributed by atoms with E-state index in [2.05, 4.69) is 118 Å². The zero-order valence-corrected chi connectivity index (χ0v) is 38.4. The molecule has 0 saturated carbocycles. The first-order valence-corrected chi connectivity index (χ1v) is 23.9. The third kappa shape index (κ3) is 45.2. The second kappa shape index (κ2) is 47.7. The summed E-state index contributed by atoms with van der Waals surface area (Å²) in [5, 5.41) is 0. The largest absolute Gasteiger partial charge is 0.462 e. The summed E-state index contributed by atoms with van der Waals surface area (Å²) in [7, 11) is 0. The molecular formula is C54H86O6. The number of allylic oxidation sites excluding steroid dienone is 17. The van der Waals surface area contributed by atoms with Crippen LogP contribution in [0.5, 0.6) is 0 Å². The maximum absolute atomic E-state index is 12.7. The van der Waals surface area contributed by atoms with Gasteiger partial charge >= 0.3 is 17.9 Å². The highest BCUT2D eigenvalue weighted by Crippen LogP contribution is 2.13. The maximum Gasteiger partial charge on any atom is 0.309 e.